The molecule has 2 nitrogen and oxygen atoms in total. The molecule has 112 valence electrons. The van der Waals surface area contributed by atoms with Crippen molar-refractivity contribution in [3.63, 3.8) is 0 Å². The van der Waals surface area contributed by atoms with Crippen LogP contribution in [0.3, 0.4) is 0 Å². The highest BCUT2D eigenvalue weighted by Crippen LogP contribution is 2.25. The molecular weight excluding hydrogens is 280 g/mol. The van der Waals surface area contributed by atoms with Crippen molar-refractivity contribution in [3.8, 4) is 11.3 Å². The highest BCUT2D eigenvalue weighted by Gasteiger charge is 2.17. The van der Waals surface area contributed by atoms with Gasteiger partial charge in [-0.2, -0.15) is 4.57 Å². The Morgan fingerprint density at radius 3 is 2.39 bits per heavy atom. The van der Waals surface area contributed by atoms with Crippen LogP contribution in [0.1, 0.15) is 11.1 Å². The summed E-state index contributed by atoms with van der Waals surface area (Å²) in [5.74, 6) is 0. The summed E-state index contributed by atoms with van der Waals surface area (Å²) in [7, 11) is 2.12. The van der Waals surface area contributed by atoms with E-state index in [1.165, 1.54) is 27.5 Å². The molecule has 0 bridgehead atoms. The number of nitrogens with zero attached hydrogens (tertiary/aromatic N) is 2. The minimum Gasteiger partial charge on any atom is -0.243 e. The third-order valence-corrected chi connectivity index (χ3v) is 4.77. The number of fused-ring (bicyclic) bond motifs is 2. The molecule has 0 saturated carbocycles. The van der Waals surface area contributed by atoms with Gasteiger partial charge < -0.3 is 0 Å². The van der Waals surface area contributed by atoms with Crippen LogP contribution in [-0.2, 0) is 7.05 Å². The molecule has 0 N–H and O–H groups in total. The molecule has 4 aromatic rings. The lowest BCUT2D eigenvalue weighted by molar-refractivity contribution is -0.633. The van der Waals surface area contributed by atoms with Crippen molar-refractivity contribution in [2.24, 2.45) is 7.05 Å². The van der Waals surface area contributed by atoms with Crippen LogP contribution >= 0.6 is 0 Å². The molecule has 0 amide bonds. The van der Waals surface area contributed by atoms with E-state index in [0.717, 1.165) is 16.7 Å². The molecule has 0 aliphatic carbocycles. The van der Waals surface area contributed by atoms with E-state index in [-0.39, 0.29) is 0 Å². The van der Waals surface area contributed by atoms with Crippen molar-refractivity contribution < 1.29 is 4.57 Å². The van der Waals surface area contributed by atoms with E-state index in [0.29, 0.717) is 0 Å². The van der Waals surface area contributed by atoms with Gasteiger partial charge in [0.05, 0.1) is 5.56 Å². The fourth-order valence-electron chi connectivity index (χ4n) is 3.21. The maximum atomic E-state index is 4.72. The van der Waals surface area contributed by atoms with E-state index in [9.17, 15) is 0 Å². The Morgan fingerprint density at radius 1 is 0.870 bits per heavy atom. The summed E-state index contributed by atoms with van der Waals surface area (Å²) in [4.78, 5) is 4.72. The Labute approximate surface area is 136 Å². The first kappa shape index (κ1) is 13.9. The fourth-order valence-corrected chi connectivity index (χ4v) is 3.21. The average molecular weight is 299 g/mol. The zero-order valence-corrected chi connectivity index (χ0v) is 13.7. The molecule has 0 aliphatic rings. The molecule has 0 aliphatic heterocycles. The number of rotatable bonds is 1. The van der Waals surface area contributed by atoms with Gasteiger partial charge in [0.15, 0.2) is 0 Å². The second kappa shape index (κ2) is 5.17. The molecule has 23 heavy (non-hydrogen) atoms. The van der Waals surface area contributed by atoms with Crippen molar-refractivity contribution in [2.75, 3.05) is 0 Å². The third kappa shape index (κ3) is 2.18. The Balaban J connectivity index is 2.04. The smallest absolute Gasteiger partial charge is 0.232 e. The van der Waals surface area contributed by atoms with Gasteiger partial charge >= 0.3 is 0 Å². The number of aryl methyl sites for hydroxylation is 2. The summed E-state index contributed by atoms with van der Waals surface area (Å²) in [5.41, 5.74) is 7.19. The number of aromatic nitrogens is 2. The van der Waals surface area contributed by atoms with Gasteiger partial charge in [-0.25, -0.2) is 4.98 Å². The van der Waals surface area contributed by atoms with Crippen molar-refractivity contribution in [1.29, 1.82) is 0 Å². The first-order chi connectivity index (χ1) is 11.1. The maximum absolute atomic E-state index is 4.72. The summed E-state index contributed by atoms with van der Waals surface area (Å²) in [6, 6.07) is 19.3. The van der Waals surface area contributed by atoms with E-state index in [1.54, 1.807) is 0 Å². The maximum Gasteiger partial charge on any atom is 0.232 e. The molecular formula is C21H19N2+. The van der Waals surface area contributed by atoms with Gasteiger partial charge in [-0.15, -0.1) is 0 Å². The predicted molar refractivity (Wildman–Crippen MR) is 95.3 cm³/mol. The minimum absolute atomic E-state index is 1.03. The Morgan fingerprint density at radius 2 is 1.61 bits per heavy atom. The van der Waals surface area contributed by atoms with Gasteiger partial charge in [0, 0.05) is 6.07 Å². The van der Waals surface area contributed by atoms with Crippen LogP contribution in [0.4, 0.5) is 0 Å². The molecule has 0 radical (unpaired) electrons. The molecule has 0 saturated heterocycles. The summed E-state index contributed by atoms with van der Waals surface area (Å²) in [5, 5.41) is 2.47. The van der Waals surface area contributed by atoms with Crippen LogP contribution < -0.4 is 4.57 Å². The lowest BCUT2D eigenvalue weighted by atomic mass is 10.0. The van der Waals surface area contributed by atoms with Crippen LogP contribution in [0.5, 0.6) is 0 Å². The molecule has 0 fully saturated rings. The third-order valence-electron chi connectivity index (χ3n) is 4.77. The normalized spacial score (nSPS) is 11.3. The fraction of sp³-hybridized carbons (Fsp3) is 0.143. The Bertz CT molecular complexity index is 1050. The van der Waals surface area contributed by atoms with E-state index in [2.05, 4.69) is 80.1 Å². The van der Waals surface area contributed by atoms with Crippen molar-refractivity contribution >= 4 is 21.8 Å². The second-order valence-electron chi connectivity index (χ2n) is 6.14. The van der Waals surface area contributed by atoms with E-state index in [1.807, 2.05) is 6.20 Å². The highest BCUT2D eigenvalue weighted by molar-refractivity contribution is 5.93. The second-order valence-corrected chi connectivity index (χ2v) is 6.14. The van der Waals surface area contributed by atoms with Gasteiger partial charge in [0.2, 0.25) is 11.2 Å². The molecule has 0 spiro atoms. The first-order valence-electron chi connectivity index (χ1n) is 7.89. The Kier molecular flexibility index (Phi) is 3.12. The van der Waals surface area contributed by atoms with Crippen LogP contribution in [-0.4, -0.2) is 4.98 Å². The van der Waals surface area contributed by atoms with Gasteiger partial charge in [0.1, 0.15) is 18.8 Å². The highest BCUT2D eigenvalue weighted by atomic mass is 15.0. The molecule has 1 heterocycles. The van der Waals surface area contributed by atoms with Gasteiger partial charge in [-0.05, 0) is 47.9 Å². The quantitative estimate of drug-likeness (QED) is 0.373. The van der Waals surface area contributed by atoms with Crippen LogP contribution in [0.25, 0.3) is 33.1 Å². The van der Waals surface area contributed by atoms with E-state index < -0.39 is 0 Å². The molecule has 0 unspecified atom stereocenters. The van der Waals surface area contributed by atoms with Crippen molar-refractivity contribution in [3.05, 3.63) is 71.9 Å². The molecule has 2 heteroatoms. The van der Waals surface area contributed by atoms with E-state index in [4.69, 9.17) is 4.98 Å². The van der Waals surface area contributed by atoms with Gasteiger partial charge in [-0.3, -0.25) is 0 Å². The zero-order valence-electron chi connectivity index (χ0n) is 13.7. The molecule has 0 atom stereocenters. The lowest BCUT2D eigenvalue weighted by Gasteiger charge is -2.08. The van der Waals surface area contributed by atoms with Crippen LogP contribution in [0, 0.1) is 13.8 Å². The largest absolute Gasteiger partial charge is 0.243 e. The van der Waals surface area contributed by atoms with Crippen molar-refractivity contribution in [2.45, 2.75) is 13.8 Å². The van der Waals surface area contributed by atoms with Gasteiger partial charge in [0.25, 0.3) is 0 Å². The SMILES string of the molecule is Cc1cccc(-c2cnc3cc4ccccc4cc3[n+]2C)c1C. The summed E-state index contributed by atoms with van der Waals surface area (Å²) < 4.78 is 2.25. The topological polar surface area (TPSA) is 16.8 Å². The average Bonchev–Trinajstić information content (AvgIpc) is 2.57. The van der Waals surface area contributed by atoms with Crippen LogP contribution in [0.2, 0.25) is 0 Å². The lowest BCUT2D eigenvalue weighted by Crippen LogP contribution is -2.32. The Hall–Kier alpha value is -2.74. The van der Waals surface area contributed by atoms with E-state index >= 15 is 0 Å². The molecule has 1 aromatic heterocycles. The number of hydrogen-bond donors (Lipinski definition) is 0. The standard InChI is InChI=1S/C21H19N2/c1-14-7-6-10-18(15(14)2)21-13-22-19-11-16-8-4-5-9-17(16)12-20(19)23(21)3/h4-13H,1-3H3/q+1. The monoisotopic (exact) mass is 299 g/mol. The summed E-state index contributed by atoms with van der Waals surface area (Å²) in [6.45, 7) is 4.33. The number of hydrogen-bond acceptors (Lipinski definition) is 1. The van der Waals surface area contributed by atoms with Gasteiger partial charge in [-0.1, -0.05) is 36.4 Å². The first-order valence-corrected chi connectivity index (χ1v) is 7.89. The summed E-state index contributed by atoms with van der Waals surface area (Å²) in [6.07, 6.45) is 1.98. The molecule has 4 rings (SSSR count). The summed E-state index contributed by atoms with van der Waals surface area (Å²) >= 11 is 0. The number of benzene rings is 3. The molecule has 3 aromatic carbocycles. The van der Waals surface area contributed by atoms with Crippen molar-refractivity contribution in [1.82, 2.24) is 4.98 Å². The zero-order chi connectivity index (χ0) is 16.0. The van der Waals surface area contributed by atoms with Crippen LogP contribution in [0.15, 0.2) is 60.8 Å². The predicted octanol–water partition coefficient (Wildman–Crippen LogP) is 4.50. The minimum atomic E-state index is 1.03.